The van der Waals surface area contributed by atoms with Crippen LogP contribution in [-0.4, -0.2) is 30.2 Å². The van der Waals surface area contributed by atoms with Crippen LogP contribution in [-0.2, 0) is 19.2 Å². The van der Waals surface area contributed by atoms with E-state index in [1.54, 1.807) is 30.0 Å². The second kappa shape index (κ2) is 8.15. The molecule has 3 amide bonds. The van der Waals surface area contributed by atoms with E-state index in [1.165, 1.54) is 4.90 Å². The molecule has 7 heteroatoms. The van der Waals surface area contributed by atoms with Gasteiger partial charge in [0.15, 0.2) is 0 Å². The smallest absolute Gasteiger partial charge is 0.316 e. The Morgan fingerprint density at radius 1 is 0.889 bits per heavy atom. The van der Waals surface area contributed by atoms with Gasteiger partial charge >= 0.3 is 5.97 Å². The predicted octanol–water partition coefficient (Wildman–Crippen LogP) is 3.88. The molecule has 0 aromatic heterocycles. The van der Waals surface area contributed by atoms with Crippen molar-refractivity contribution in [1.29, 1.82) is 0 Å². The molecule has 7 nitrogen and oxygen atoms in total. The number of nitrogens with zero attached hydrogens (tertiary/aromatic N) is 2. The molecule has 2 bridgehead atoms. The van der Waals surface area contributed by atoms with E-state index in [-0.39, 0.29) is 54.4 Å². The SMILES string of the molecule is Cc1cc(C)cc(N2C[C@H](C(=O)Oc3ccc(N4C(=O)[C@H]5[C@H](C4=O)[C@H]4C=C[C@H]5C4)c(C)c3)CC2=O)c1. The van der Waals surface area contributed by atoms with Crippen LogP contribution in [0.1, 0.15) is 29.5 Å². The van der Waals surface area contributed by atoms with Crippen molar-refractivity contribution in [3.05, 3.63) is 65.2 Å². The Labute approximate surface area is 209 Å². The number of ether oxygens (including phenoxy) is 1. The normalized spacial score (nSPS) is 28.4. The van der Waals surface area contributed by atoms with Crippen LogP contribution in [0.5, 0.6) is 5.75 Å². The van der Waals surface area contributed by atoms with Crippen LogP contribution in [0.3, 0.4) is 0 Å². The lowest BCUT2D eigenvalue weighted by Gasteiger charge is -2.20. The first-order valence-corrected chi connectivity index (χ1v) is 12.5. The van der Waals surface area contributed by atoms with Crippen LogP contribution in [0.4, 0.5) is 11.4 Å². The van der Waals surface area contributed by atoms with Gasteiger partial charge in [-0.3, -0.25) is 19.2 Å². The monoisotopic (exact) mass is 484 g/mol. The first-order chi connectivity index (χ1) is 17.2. The van der Waals surface area contributed by atoms with Crippen molar-refractivity contribution in [2.24, 2.45) is 29.6 Å². The summed E-state index contributed by atoms with van der Waals surface area (Å²) in [4.78, 5) is 54.8. The molecule has 3 fully saturated rings. The minimum Gasteiger partial charge on any atom is -0.426 e. The van der Waals surface area contributed by atoms with Crippen molar-refractivity contribution in [3.8, 4) is 5.75 Å². The molecule has 0 radical (unpaired) electrons. The van der Waals surface area contributed by atoms with Gasteiger partial charge in [0.25, 0.3) is 0 Å². The molecule has 2 heterocycles. The van der Waals surface area contributed by atoms with Gasteiger partial charge in [0.05, 0.1) is 23.4 Å². The van der Waals surface area contributed by atoms with E-state index in [2.05, 4.69) is 12.2 Å². The Bertz CT molecular complexity index is 1310. The molecule has 0 unspecified atom stereocenters. The van der Waals surface area contributed by atoms with Crippen molar-refractivity contribution < 1.29 is 23.9 Å². The Kier molecular flexibility index (Phi) is 5.14. The lowest BCUT2D eigenvalue weighted by molar-refractivity contribution is -0.139. The zero-order valence-corrected chi connectivity index (χ0v) is 20.6. The first kappa shape index (κ1) is 22.7. The molecule has 5 atom stereocenters. The van der Waals surface area contributed by atoms with Gasteiger partial charge in [0.2, 0.25) is 17.7 Å². The molecule has 2 aromatic carbocycles. The summed E-state index contributed by atoms with van der Waals surface area (Å²) in [6.07, 6.45) is 5.13. The van der Waals surface area contributed by atoms with E-state index in [9.17, 15) is 19.2 Å². The highest BCUT2D eigenvalue weighted by molar-refractivity contribution is 6.23. The molecule has 4 aliphatic rings. The van der Waals surface area contributed by atoms with E-state index in [0.717, 1.165) is 23.2 Å². The summed E-state index contributed by atoms with van der Waals surface area (Å²) in [7, 11) is 0. The zero-order valence-electron chi connectivity index (χ0n) is 20.6. The molecule has 2 aliphatic heterocycles. The number of aryl methyl sites for hydroxylation is 3. The Hall–Kier alpha value is -3.74. The molecule has 6 rings (SSSR count). The number of allylic oxidation sites excluding steroid dienone is 2. The number of benzene rings is 2. The Morgan fingerprint density at radius 3 is 2.14 bits per heavy atom. The second-order valence-corrected chi connectivity index (χ2v) is 10.6. The largest absolute Gasteiger partial charge is 0.426 e. The number of carbonyl (C=O) groups excluding carboxylic acids is 4. The van der Waals surface area contributed by atoms with Crippen LogP contribution in [0, 0.1) is 50.4 Å². The number of hydrogen-bond donors (Lipinski definition) is 0. The average molecular weight is 485 g/mol. The second-order valence-electron chi connectivity index (χ2n) is 10.6. The van der Waals surface area contributed by atoms with E-state index in [0.29, 0.717) is 17.0 Å². The molecule has 2 aliphatic carbocycles. The van der Waals surface area contributed by atoms with Crippen LogP contribution < -0.4 is 14.5 Å². The van der Waals surface area contributed by atoms with Gasteiger partial charge < -0.3 is 9.64 Å². The van der Waals surface area contributed by atoms with Gasteiger partial charge in [-0.25, -0.2) is 4.90 Å². The maximum atomic E-state index is 13.1. The Balaban J connectivity index is 1.16. The number of esters is 1. The Morgan fingerprint density at radius 2 is 1.53 bits per heavy atom. The fourth-order valence-electron chi connectivity index (χ4n) is 6.50. The van der Waals surface area contributed by atoms with Crippen molar-refractivity contribution in [1.82, 2.24) is 0 Å². The van der Waals surface area contributed by atoms with Gasteiger partial charge in [-0.15, -0.1) is 0 Å². The molecule has 0 spiro atoms. The number of fused-ring (bicyclic) bond motifs is 5. The lowest BCUT2D eigenvalue weighted by atomic mass is 9.85. The lowest BCUT2D eigenvalue weighted by Crippen LogP contribution is -2.33. The molecular formula is C29H28N2O5. The van der Waals surface area contributed by atoms with E-state index in [4.69, 9.17) is 4.74 Å². The zero-order chi connectivity index (χ0) is 25.3. The van der Waals surface area contributed by atoms with Crippen molar-refractivity contribution >= 4 is 35.1 Å². The fraction of sp³-hybridized carbons (Fsp3) is 0.379. The third kappa shape index (κ3) is 3.48. The third-order valence-electron chi connectivity index (χ3n) is 8.07. The first-order valence-electron chi connectivity index (χ1n) is 12.5. The molecule has 2 saturated heterocycles. The van der Waals surface area contributed by atoms with Gasteiger partial charge in [0.1, 0.15) is 5.75 Å². The molecule has 0 N–H and O–H groups in total. The van der Waals surface area contributed by atoms with Crippen molar-refractivity contribution in [3.63, 3.8) is 0 Å². The summed E-state index contributed by atoms with van der Waals surface area (Å²) in [5.74, 6) is -1.28. The van der Waals surface area contributed by atoms with Crippen molar-refractivity contribution in [2.75, 3.05) is 16.3 Å². The van der Waals surface area contributed by atoms with Crippen molar-refractivity contribution in [2.45, 2.75) is 33.6 Å². The van der Waals surface area contributed by atoms with Gasteiger partial charge in [-0.1, -0.05) is 18.2 Å². The summed E-state index contributed by atoms with van der Waals surface area (Å²) in [6, 6.07) is 10.9. The highest BCUT2D eigenvalue weighted by atomic mass is 16.5. The van der Waals surface area contributed by atoms with E-state index in [1.807, 2.05) is 32.0 Å². The number of hydrogen-bond acceptors (Lipinski definition) is 5. The quantitative estimate of drug-likeness (QED) is 0.285. The van der Waals surface area contributed by atoms with Crippen LogP contribution in [0.2, 0.25) is 0 Å². The van der Waals surface area contributed by atoms with Gasteiger partial charge in [-0.05, 0) is 86.1 Å². The highest BCUT2D eigenvalue weighted by Gasteiger charge is 2.59. The third-order valence-corrected chi connectivity index (χ3v) is 8.07. The van der Waals surface area contributed by atoms with Gasteiger partial charge in [0, 0.05) is 18.7 Å². The maximum Gasteiger partial charge on any atom is 0.316 e. The summed E-state index contributed by atoms with van der Waals surface area (Å²) in [6.45, 7) is 6.03. The summed E-state index contributed by atoms with van der Waals surface area (Å²) in [5, 5.41) is 0. The number of rotatable bonds is 4. The van der Waals surface area contributed by atoms with E-state index >= 15 is 0 Å². The summed E-state index contributed by atoms with van der Waals surface area (Å²) in [5.41, 5.74) is 4.13. The predicted molar refractivity (Wildman–Crippen MR) is 133 cm³/mol. The molecular weight excluding hydrogens is 456 g/mol. The highest BCUT2D eigenvalue weighted by Crippen LogP contribution is 2.53. The van der Waals surface area contributed by atoms with Crippen LogP contribution in [0.15, 0.2) is 48.6 Å². The molecule has 2 aromatic rings. The topological polar surface area (TPSA) is 84.0 Å². The van der Waals surface area contributed by atoms with E-state index < -0.39 is 11.9 Å². The standard InChI is InChI=1S/C29H28N2O5/c1-15-8-16(2)10-21(9-15)30-14-20(13-24(30)32)29(35)36-22-6-7-23(17(3)11-22)31-27(33)25-18-4-5-19(12-18)26(25)28(31)34/h4-11,18-20,25-26H,12-14H2,1-3H3/t18-,19-,20+,25+,26+/m0/s1. The maximum absolute atomic E-state index is 13.1. The minimum atomic E-state index is -0.567. The average Bonchev–Trinajstić information content (AvgIpc) is 3.58. The fourth-order valence-corrected chi connectivity index (χ4v) is 6.50. The molecule has 184 valence electrons. The molecule has 36 heavy (non-hydrogen) atoms. The van der Waals surface area contributed by atoms with Crippen LogP contribution in [0.25, 0.3) is 0 Å². The number of carbonyl (C=O) groups is 4. The van der Waals surface area contributed by atoms with Gasteiger partial charge in [-0.2, -0.15) is 0 Å². The minimum absolute atomic E-state index is 0.0960. The number of amides is 3. The number of imide groups is 1. The van der Waals surface area contributed by atoms with Crippen LogP contribution >= 0.6 is 0 Å². The summed E-state index contributed by atoms with van der Waals surface area (Å²) < 4.78 is 5.63. The molecule has 1 saturated carbocycles. The number of anilines is 2. The summed E-state index contributed by atoms with van der Waals surface area (Å²) >= 11 is 0.